The van der Waals surface area contributed by atoms with Crippen molar-refractivity contribution < 1.29 is 9.41 Å². The van der Waals surface area contributed by atoms with Crippen molar-refractivity contribution in [3.8, 4) is 0 Å². The van der Waals surface area contributed by atoms with Crippen LogP contribution in [-0.2, 0) is 6.42 Å². The Kier molecular flexibility index (Phi) is 5.32. The second kappa shape index (κ2) is 7.64. The Balaban J connectivity index is 1.28. The predicted octanol–water partition coefficient (Wildman–Crippen LogP) is 2.92. The van der Waals surface area contributed by atoms with E-state index in [0.29, 0.717) is 13.1 Å². The Morgan fingerprint density at radius 1 is 1.23 bits per heavy atom. The Morgan fingerprint density at radius 2 is 1.97 bits per heavy atom. The molecule has 1 spiro atoms. The zero-order valence-corrected chi connectivity index (χ0v) is 19.8. The molecule has 9 heteroatoms. The molecule has 2 aromatic heterocycles. The molecule has 0 bridgehead atoms. The van der Waals surface area contributed by atoms with Crippen molar-refractivity contribution >= 4 is 34.4 Å². The first kappa shape index (κ1) is 21.6. The fraction of sp³-hybridized carbons (Fsp3) is 0.727. The maximum absolute atomic E-state index is 15.7. The number of fused-ring (bicyclic) bond motifs is 1. The highest BCUT2D eigenvalue weighted by Crippen LogP contribution is 2.47. The predicted molar refractivity (Wildman–Crippen MR) is 126 cm³/mol. The summed E-state index contributed by atoms with van der Waals surface area (Å²) in [4.78, 5) is 18.1. The van der Waals surface area contributed by atoms with Gasteiger partial charge in [0.25, 0.3) is 0 Å². The van der Waals surface area contributed by atoms with Crippen molar-refractivity contribution in [2.45, 2.75) is 52.1 Å². The van der Waals surface area contributed by atoms with Crippen LogP contribution in [0.15, 0.2) is 12.4 Å². The molecule has 0 radical (unpaired) electrons. The number of hydrogen-bond acceptors (Lipinski definition) is 7. The van der Waals surface area contributed by atoms with E-state index in [2.05, 4.69) is 46.6 Å². The fourth-order valence-electron chi connectivity index (χ4n) is 6.13. The Labute approximate surface area is 188 Å². The molecule has 6 nitrogen and oxygen atoms in total. The van der Waals surface area contributed by atoms with Gasteiger partial charge in [-0.15, -0.1) is 11.3 Å². The molecule has 0 unspecified atom stereocenters. The van der Waals surface area contributed by atoms with Gasteiger partial charge < -0.3 is 14.7 Å². The molecule has 0 aromatic carbocycles. The van der Waals surface area contributed by atoms with Gasteiger partial charge in [-0.3, -0.25) is 4.90 Å². The standard InChI is InChI=1S/C22H33BFN5OS/c1-5-16-8-17-19(25-14-26-20(17)31-16)27-7-6-21(9-27)10-28(11-21)18(15(2)3)22(24)12-29(13-22)23(4)30/h8,14-15,18,30H,5-7,9-13H2,1-4H3/t18-/m0/s1. The van der Waals surface area contributed by atoms with E-state index >= 15 is 4.39 Å². The lowest BCUT2D eigenvalue weighted by Gasteiger charge is -2.59. The molecule has 1 atom stereocenters. The second-order valence-electron chi connectivity index (χ2n) is 10.3. The van der Waals surface area contributed by atoms with E-state index in [1.807, 2.05) is 4.81 Å². The van der Waals surface area contributed by atoms with Crippen LogP contribution in [0.4, 0.5) is 10.2 Å². The van der Waals surface area contributed by atoms with Gasteiger partial charge in [-0.25, -0.2) is 14.4 Å². The highest BCUT2D eigenvalue weighted by atomic mass is 32.1. The fourth-order valence-corrected chi connectivity index (χ4v) is 7.06. The Morgan fingerprint density at radius 3 is 2.61 bits per heavy atom. The van der Waals surface area contributed by atoms with Crippen molar-refractivity contribution in [3.05, 3.63) is 17.3 Å². The van der Waals surface area contributed by atoms with Gasteiger partial charge in [-0.2, -0.15) is 0 Å². The van der Waals surface area contributed by atoms with Gasteiger partial charge in [0.15, 0.2) is 0 Å². The van der Waals surface area contributed by atoms with Gasteiger partial charge in [-0.05, 0) is 31.6 Å². The molecule has 2 aromatic rings. The summed E-state index contributed by atoms with van der Waals surface area (Å²) in [5, 5.41) is 10.9. The van der Waals surface area contributed by atoms with E-state index < -0.39 is 12.7 Å². The lowest BCUT2D eigenvalue weighted by atomic mass is 9.69. The smallest absolute Gasteiger partial charge is 0.376 e. The average molecular weight is 445 g/mol. The third-order valence-corrected chi connectivity index (χ3v) is 8.73. The van der Waals surface area contributed by atoms with E-state index in [9.17, 15) is 5.02 Å². The molecule has 31 heavy (non-hydrogen) atoms. The highest BCUT2D eigenvalue weighted by molar-refractivity contribution is 7.18. The van der Waals surface area contributed by atoms with Crippen molar-refractivity contribution in [2.24, 2.45) is 11.3 Å². The van der Waals surface area contributed by atoms with Gasteiger partial charge in [0.2, 0.25) is 0 Å². The molecule has 168 valence electrons. The van der Waals surface area contributed by atoms with E-state index in [4.69, 9.17) is 0 Å². The van der Waals surface area contributed by atoms with Crippen LogP contribution >= 0.6 is 11.3 Å². The monoisotopic (exact) mass is 445 g/mol. The van der Waals surface area contributed by atoms with Crippen LogP contribution in [0.2, 0.25) is 6.82 Å². The number of hydrogen-bond donors (Lipinski definition) is 1. The summed E-state index contributed by atoms with van der Waals surface area (Å²) >= 11 is 1.76. The highest BCUT2D eigenvalue weighted by Gasteiger charge is 2.59. The number of alkyl halides is 1. The van der Waals surface area contributed by atoms with Gasteiger partial charge in [0.1, 0.15) is 22.6 Å². The van der Waals surface area contributed by atoms with Crippen LogP contribution in [0.3, 0.4) is 0 Å². The second-order valence-corrected chi connectivity index (χ2v) is 11.4. The van der Waals surface area contributed by atoms with Crippen LogP contribution in [0.5, 0.6) is 0 Å². The first-order chi connectivity index (χ1) is 14.7. The summed E-state index contributed by atoms with van der Waals surface area (Å²) in [6.45, 7) is 12.7. The minimum Gasteiger partial charge on any atom is -0.437 e. The van der Waals surface area contributed by atoms with Gasteiger partial charge in [-0.1, -0.05) is 20.8 Å². The van der Waals surface area contributed by atoms with Crippen LogP contribution < -0.4 is 4.90 Å². The first-order valence-corrected chi connectivity index (χ1v) is 12.4. The molecule has 0 saturated carbocycles. The zero-order chi connectivity index (χ0) is 22.0. The number of nitrogens with zero attached hydrogens (tertiary/aromatic N) is 5. The third-order valence-electron chi connectivity index (χ3n) is 7.54. The first-order valence-electron chi connectivity index (χ1n) is 11.6. The molecule has 3 fully saturated rings. The van der Waals surface area contributed by atoms with Crippen molar-refractivity contribution in [2.75, 3.05) is 44.2 Å². The maximum Gasteiger partial charge on any atom is 0.376 e. The zero-order valence-electron chi connectivity index (χ0n) is 19.0. The molecule has 5 rings (SSSR count). The normalized spacial score (nSPS) is 24.0. The number of rotatable bonds is 6. The number of aryl methyl sites for hydroxylation is 1. The van der Waals surface area contributed by atoms with Crippen LogP contribution in [0, 0.1) is 11.3 Å². The summed E-state index contributed by atoms with van der Waals surface area (Å²) in [6, 6.07) is 2.16. The van der Waals surface area contributed by atoms with Gasteiger partial charge in [0.05, 0.1) is 5.39 Å². The van der Waals surface area contributed by atoms with Gasteiger partial charge in [0, 0.05) is 55.6 Å². The molecular formula is C22H33BFN5OS. The summed E-state index contributed by atoms with van der Waals surface area (Å²) in [5.74, 6) is 1.31. The van der Waals surface area contributed by atoms with Crippen molar-refractivity contribution in [1.29, 1.82) is 0 Å². The third kappa shape index (κ3) is 3.57. The SMILES string of the molecule is CCc1cc2c(N3CCC4(C3)CN([C@@H](C(C)C)C3(F)CN(B(C)O)C3)C4)ncnc2s1. The van der Waals surface area contributed by atoms with E-state index in [1.54, 1.807) is 24.5 Å². The van der Waals surface area contributed by atoms with E-state index in [-0.39, 0.29) is 17.4 Å². The molecule has 1 N–H and O–H groups in total. The summed E-state index contributed by atoms with van der Waals surface area (Å²) in [6.07, 6.45) is 3.84. The van der Waals surface area contributed by atoms with Crippen LogP contribution in [-0.4, -0.2) is 82.7 Å². The largest absolute Gasteiger partial charge is 0.437 e. The van der Waals surface area contributed by atoms with E-state index in [1.165, 1.54) is 10.3 Å². The Bertz CT molecular complexity index is 957. The number of likely N-dealkylation sites (tertiary alicyclic amines) is 1. The quantitative estimate of drug-likeness (QED) is 0.691. The molecule has 3 saturated heterocycles. The average Bonchev–Trinajstić information content (AvgIpc) is 3.29. The van der Waals surface area contributed by atoms with Gasteiger partial charge >= 0.3 is 7.05 Å². The molecule has 0 aliphatic carbocycles. The number of thiophene rings is 1. The number of anilines is 1. The summed E-state index contributed by atoms with van der Waals surface area (Å²) < 4.78 is 15.7. The minimum absolute atomic E-state index is 0.0862. The summed E-state index contributed by atoms with van der Waals surface area (Å²) in [7, 11) is -0.571. The Hall–Kier alpha value is -1.29. The van der Waals surface area contributed by atoms with Crippen LogP contribution in [0.1, 0.15) is 32.1 Å². The maximum atomic E-state index is 15.7. The molecule has 0 amide bonds. The number of aromatic nitrogens is 2. The molecule has 3 aliphatic heterocycles. The van der Waals surface area contributed by atoms with Crippen LogP contribution in [0.25, 0.3) is 10.2 Å². The molecule has 3 aliphatic rings. The number of halogens is 1. The lowest BCUT2D eigenvalue weighted by molar-refractivity contribution is -0.130. The van der Waals surface area contributed by atoms with Crippen molar-refractivity contribution in [3.63, 3.8) is 0 Å². The molecular weight excluding hydrogens is 412 g/mol. The minimum atomic E-state index is -1.23. The van der Waals surface area contributed by atoms with Crippen molar-refractivity contribution in [1.82, 2.24) is 19.7 Å². The van der Waals surface area contributed by atoms with E-state index in [0.717, 1.165) is 49.7 Å². The molecule has 5 heterocycles. The summed E-state index contributed by atoms with van der Waals surface area (Å²) in [5.41, 5.74) is -0.991. The topological polar surface area (TPSA) is 55.7 Å². The lowest BCUT2D eigenvalue weighted by Crippen LogP contribution is -2.75.